The van der Waals surface area contributed by atoms with E-state index < -0.39 is 4.92 Å². The maximum Gasteiger partial charge on any atom is 0.290 e. The monoisotopic (exact) mass is 315 g/mol. The predicted molar refractivity (Wildman–Crippen MR) is 86.3 cm³/mol. The molecule has 0 saturated heterocycles. The first-order valence-electron chi connectivity index (χ1n) is 6.99. The van der Waals surface area contributed by atoms with Crippen molar-refractivity contribution >= 4 is 29.2 Å². The minimum atomic E-state index is -0.418. The molecule has 1 aliphatic heterocycles. The summed E-state index contributed by atoms with van der Waals surface area (Å²) in [7, 11) is 0. The van der Waals surface area contributed by atoms with Gasteiger partial charge in [0, 0.05) is 18.2 Å². The molecule has 0 aliphatic carbocycles. The summed E-state index contributed by atoms with van der Waals surface area (Å²) in [6, 6.07) is 7.76. The highest BCUT2D eigenvalue weighted by Crippen LogP contribution is 2.32. The van der Waals surface area contributed by atoms with Gasteiger partial charge < -0.3 is 0 Å². The van der Waals surface area contributed by atoms with Gasteiger partial charge in [-0.3, -0.25) is 15.1 Å². The second-order valence-corrected chi connectivity index (χ2v) is 5.79. The Morgan fingerprint density at radius 1 is 1.41 bits per heavy atom. The fourth-order valence-electron chi connectivity index (χ4n) is 2.66. The molecule has 0 radical (unpaired) electrons. The largest absolute Gasteiger partial charge is 0.290 e. The highest BCUT2D eigenvalue weighted by atomic mass is 35.5. The second kappa shape index (κ2) is 5.85. The lowest BCUT2D eigenvalue weighted by Crippen LogP contribution is -2.03. The number of rotatable bonds is 4. The fraction of sp³-hybridized carbons (Fsp3) is 0.250. The van der Waals surface area contributed by atoms with Crippen LogP contribution >= 0.6 is 11.6 Å². The van der Waals surface area contributed by atoms with Gasteiger partial charge in [-0.1, -0.05) is 30.7 Å². The zero-order valence-corrected chi connectivity index (χ0v) is 12.7. The van der Waals surface area contributed by atoms with Crippen LogP contribution in [0, 0.1) is 10.1 Å². The Hall–Kier alpha value is -2.27. The molecule has 112 valence electrons. The summed E-state index contributed by atoms with van der Waals surface area (Å²) >= 11 is 5.87. The van der Waals surface area contributed by atoms with E-state index in [1.54, 1.807) is 6.07 Å². The molecule has 0 bridgehead atoms. The van der Waals surface area contributed by atoms with Crippen LogP contribution < -0.4 is 0 Å². The molecule has 0 N–H and O–H groups in total. The van der Waals surface area contributed by atoms with Gasteiger partial charge in [0.2, 0.25) is 0 Å². The predicted octanol–water partition coefficient (Wildman–Crippen LogP) is 4.25. The van der Waals surface area contributed by atoms with Crippen LogP contribution in [0.1, 0.15) is 29.5 Å². The smallest absolute Gasteiger partial charge is 0.261 e. The lowest BCUT2D eigenvalue weighted by atomic mass is 9.92. The number of pyridine rings is 1. The quantitative estimate of drug-likeness (QED) is 0.481. The molecule has 2 aromatic rings. The minimum Gasteiger partial charge on any atom is -0.261 e. The van der Waals surface area contributed by atoms with E-state index in [1.165, 1.54) is 11.8 Å². The van der Waals surface area contributed by atoms with Crippen LogP contribution in [0.3, 0.4) is 0 Å². The molecule has 0 fully saturated rings. The molecule has 1 aromatic heterocycles. The molecule has 1 aromatic carbocycles. The van der Waals surface area contributed by atoms with Gasteiger partial charge in [-0.05, 0) is 35.6 Å². The minimum absolute atomic E-state index is 0.00966. The summed E-state index contributed by atoms with van der Waals surface area (Å²) in [6.07, 6.45) is 4.51. The van der Waals surface area contributed by atoms with E-state index in [9.17, 15) is 10.1 Å². The molecular weight excluding hydrogens is 302 g/mol. The first-order chi connectivity index (χ1) is 10.5. The van der Waals surface area contributed by atoms with E-state index in [1.807, 2.05) is 13.1 Å². The molecule has 1 atom stereocenters. The van der Waals surface area contributed by atoms with E-state index in [4.69, 9.17) is 11.6 Å². The first-order valence-corrected chi connectivity index (χ1v) is 7.36. The summed E-state index contributed by atoms with van der Waals surface area (Å²) in [5.41, 5.74) is 3.93. The topological polar surface area (TPSA) is 68.4 Å². The van der Waals surface area contributed by atoms with E-state index in [-0.39, 0.29) is 16.8 Å². The third kappa shape index (κ3) is 2.85. The summed E-state index contributed by atoms with van der Waals surface area (Å²) < 4.78 is 0. The van der Waals surface area contributed by atoms with Crippen LogP contribution in [0.25, 0.3) is 0 Å². The Morgan fingerprint density at radius 3 is 3.00 bits per heavy atom. The number of aromatic nitrogens is 1. The molecule has 22 heavy (non-hydrogen) atoms. The number of nitrogens with zero attached hydrogens (tertiary/aromatic N) is 3. The molecule has 3 rings (SSSR count). The van der Waals surface area contributed by atoms with Crippen molar-refractivity contribution in [2.24, 2.45) is 4.99 Å². The van der Waals surface area contributed by atoms with Gasteiger partial charge in [0.05, 0.1) is 10.6 Å². The highest BCUT2D eigenvalue weighted by Gasteiger charge is 2.19. The van der Waals surface area contributed by atoms with Crippen LogP contribution in [-0.2, 0) is 12.8 Å². The van der Waals surface area contributed by atoms with Gasteiger partial charge in [0.25, 0.3) is 5.69 Å². The SMILES string of the molecule is C[C@H](Cc1cc(Cl)ncc1[N+](=O)[O-])c1ccc2c(c1)N=CC2. The van der Waals surface area contributed by atoms with Crippen molar-refractivity contribution in [3.05, 3.63) is 62.4 Å². The number of fused-ring (bicyclic) bond motifs is 1. The van der Waals surface area contributed by atoms with Crippen molar-refractivity contribution in [3.63, 3.8) is 0 Å². The molecule has 6 heteroatoms. The molecular formula is C16H14ClN3O2. The van der Waals surface area contributed by atoms with Gasteiger partial charge in [-0.25, -0.2) is 4.98 Å². The Balaban J connectivity index is 1.88. The Morgan fingerprint density at radius 2 is 2.23 bits per heavy atom. The average molecular weight is 316 g/mol. The molecule has 1 aliphatic rings. The van der Waals surface area contributed by atoms with Crippen molar-refractivity contribution in [1.82, 2.24) is 4.98 Å². The number of hydrogen-bond donors (Lipinski definition) is 0. The summed E-state index contributed by atoms with van der Waals surface area (Å²) in [5.74, 6) is 0.123. The van der Waals surface area contributed by atoms with Crippen molar-refractivity contribution in [3.8, 4) is 0 Å². The van der Waals surface area contributed by atoms with Gasteiger partial charge in [0.1, 0.15) is 11.3 Å². The van der Waals surface area contributed by atoms with Crippen molar-refractivity contribution < 1.29 is 4.92 Å². The van der Waals surface area contributed by atoms with E-state index in [0.717, 1.165) is 17.7 Å². The molecule has 0 unspecified atom stereocenters. The maximum atomic E-state index is 11.1. The number of nitro groups is 1. The number of halogens is 1. The standard InChI is InChI=1S/C16H14ClN3O2/c1-10(12-3-2-11-4-5-18-14(11)7-12)6-13-8-16(17)19-9-15(13)20(21)22/h2-3,5,7-10H,4,6H2,1H3/t10-/m1/s1. The van der Waals surface area contributed by atoms with Crippen LogP contribution in [0.15, 0.2) is 35.5 Å². The lowest BCUT2D eigenvalue weighted by molar-refractivity contribution is -0.385. The summed E-state index contributed by atoms with van der Waals surface area (Å²) in [6.45, 7) is 2.04. The molecule has 0 spiro atoms. The van der Waals surface area contributed by atoms with E-state index in [0.29, 0.717) is 12.0 Å². The molecule has 5 nitrogen and oxygen atoms in total. The van der Waals surface area contributed by atoms with E-state index >= 15 is 0 Å². The second-order valence-electron chi connectivity index (χ2n) is 5.40. The zero-order valence-electron chi connectivity index (χ0n) is 12.0. The van der Waals surface area contributed by atoms with Crippen molar-refractivity contribution in [2.75, 3.05) is 0 Å². The highest BCUT2D eigenvalue weighted by molar-refractivity contribution is 6.29. The van der Waals surface area contributed by atoms with Crippen molar-refractivity contribution in [2.45, 2.75) is 25.7 Å². The fourth-order valence-corrected chi connectivity index (χ4v) is 2.84. The van der Waals surface area contributed by atoms with E-state index in [2.05, 4.69) is 28.2 Å². The van der Waals surface area contributed by atoms with Crippen molar-refractivity contribution in [1.29, 1.82) is 0 Å². The molecule has 0 saturated carbocycles. The van der Waals surface area contributed by atoms with Gasteiger partial charge in [-0.15, -0.1) is 0 Å². The summed E-state index contributed by atoms with van der Waals surface area (Å²) in [4.78, 5) is 18.8. The zero-order chi connectivity index (χ0) is 15.7. The van der Waals surface area contributed by atoms with Crippen LogP contribution in [0.5, 0.6) is 0 Å². The third-order valence-corrected chi connectivity index (χ3v) is 4.08. The first kappa shape index (κ1) is 14.7. The number of hydrogen-bond acceptors (Lipinski definition) is 4. The normalized spacial score (nSPS) is 13.9. The number of aliphatic imine (C=N–C) groups is 1. The summed E-state index contributed by atoms with van der Waals surface area (Å²) in [5, 5.41) is 11.4. The Labute approximate surface area is 132 Å². The Kier molecular flexibility index (Phi) is 3.90. The average Bonchev–Trinajstić information content (AvgIpc) is 2.94. The third-order valence-electron chi connectivity index (χ3n) is 3.88. The Bertz CT molecular complexity index is 774. The van der Waals surface area contributed by atoms with Gasteiger partial charge >= 0.3 is 0 Å². The molecule has 2 heterocycles. The van der Waals surface area contributed by atoms with Gasteiger partial charge in [0.15, 0.2) is 0 Å². The van der Waals surface area contributed by atoms with Crippen LogP contribution in [0.4, 0.5) is 11.4 Å². The lowest BCUT2D eigenvalue weighted by Gasteiger charge is -2.13. The maximum absolute atomic E-state index is 11.1. The number of benzene rings is 1. The van der Waals surface area contributed by atoms with Crippen LogP contribution in [0.2, 0.25) is 5.15 Å². The van der Waals surface area contributed by atoms with Gasteiger partial charge in [-0.2, -0.15) is 0 Å². The van der Waals surface area contributed by atoms with Crippen LogP contribution in [-0.4, -0.2) is 16.1 Å². The molecule has 0 amide bonds.